The van der Waals surface area contributed by atoms with Crippen molar-refractivity contribution in [3.8, 4) is 11.3 Å². The number of carbonyl (C=O) groups is 1. The van der Waals surface area contributed by atoms with Crippen molar-refractivity contribution in [2.45, 2.75) is 26.4 Å². The maximum Gasteiger partial charge on any atom is 0.417 e. The number of alkyl halides is 3. The van der Waals surface area contributed by atoms with Crippen molar-refractivity contribution >= 4 is 16.9 Å². The first-order valence-corrected chi connectivity index (χ1v) is 7.68. The van der Waals surface area contributed by atoms with Crippen LogP contribution in [0.15, 0.2) is 36.4 Å². The lowest BCUT2D eigenvalue weighted by atomic mass is 9.97. The van der Waals surface area contributed by atoms with Crippen LogP contribution in [0.1, 0.15) is 22.3 Å². The Balaban J connectivity index is 2.38. The van der Waals surface area contributed by atoms with Gasteiger partial charge in [-0.15, -0.1) is 0 Å². The molecule has 0 saturated heterocycles. The molecule has 0 fully saturated rings. The molecule has 0 aliphatic carbocycles. The van der Waals surface area contributed by atoms with E-state index in [0.29, 0.717) is 16.5 Å². The maximum absolute atomic E-state index is 13.4. The van der Waals surface area contributed by atoms with Gasteiger partial charge in [-0.25, -0.2) is 0 Å². The number of aromatic nitrogens is 1. The van der Waals surface area contributed by atoms with Gasteiger partial charge >= 0.3 is 12.1 Å². The minimum Gasteiger partial charge on any atom is -0.481 e. The standard InChI is InChI=1S/C19H16F3NO2/c1-10-7-11(2)17-13(8-10)14(9-16(24)25)18(23-17)12-5-3-4-6-15(12)19(20,21)22/h3-8,23H,9H2,1-2H3,(H,24,25). The summed E-state index contributed by atoms with van der Waals surface area (Å²) in [7, 11) is 0. The van der Waals surface area contributed by atoms with Crippen LogP contribution in [0, 0.1) is 13.8 Å². The number of halogens is 3. The smallest absolute Gasteiger partial charge is 0.417 e. The van der Waals surface area contributed by atoms with Gasteiger partial charge in [0.05, 0.1) is 17.7 Å². The van der Waals surface area contributed by atoms with Gasteiger partial charge in [0.2, 0.25) is 0 Å². The van der Waals surface area contributed by atoms with E-state index in [1.807, 2.05) is 19.9 Å². The third-order valence-corrected chi connectivity index (χ3v) is 4.19. The lowest BCUT2D eigenvalue weighted by molar-refractivity contribution is -0.137. The molecule has 0 bridgehead atoms. The summed E-state index contributed by atoms with van der Waals surface area (Å²) in [5.41, 5.74) is 2.18. The molecular weight excluding hydrogens is 331 g/mol. The maximum atomic E-state index is 13.4. The molecule has 0 amide bonds. The van der Waals surface area contributed by atoms with E-state index in [4.69, 9.17) is 0 Å². The van der Waals surface area contributed by atoms with E-state index in [2.05, 4.69) is 4.98 Å². The van der Waals surface area contributed by atoms with Crippen molar-refractivity contribution in [1.29, 1.82) is 0 Å². The second-order valence-corrected chi connectivity index (χ2v) is 6.10. The highest BCUT2D eigenvalue weighted by Gasteiger charge is 2.34. The Morgan fingerprint density at radius 3 is 2.48 bits per heavy atom. The molecule has 1 aromatic heterocycles. The van der Waals surface area contributed by atoms with Gasteiger partial charge in [0.1, 0.15) is 0 Å². The molecule has 0 atom stereocenters. The molecule has 3 nitrogen and oxygen atoms in total. The number of aromatic amines is 1. The summed E-state index contributed by atoms with van der Waals surface area (Å²) in [5.74, 6) is -1.09. The first-order valence-electron chi connectivity index (χ1n) is 7.68. The van der Waals surface area contributed by atoms with E-state index in [0.717, 1.165) is 17.2 Å². The number of H-pyrrole nitrogens is 1. The second kappa shape index (κ2) is 5.95. The number of aliphatic carboxylic acids is 1. The van der Waals surface area contributed by atoms with Crippen LogP contribution in [-0.4, -0.2) is 16.1 Å². The van der Waals surface area contributed by atoms with Crippen LogP contribution in [0.4, 0.5) is 13.2 Å². The molecule has 3 rings (SSSR count). The quantitative estimate of drug-likeness (QED) is 0.693. The molecule has 1 heterocycles. The largest absolute Gasteiger partial charge is 0.481 e. The summed E-state index contributed by atoms with van der Waals surface area (Å²) in [6.45, 7) is 3.71. The number of hydrogen-bond acceptors (Lipinski definition) is 1. The SMILES string of the molecule is Cc1cc(C)c2[nH]c(-c3ccccc3C(F)(F)F)c(CC(=O)O)c2c1. The van der Waals surface area contributed by atoms with Gasteiger partial charge in [-0.3, -0.25) is 4.79 Å². The van der Waals surface area contributed by atoms with Gasteiger partial charge < -0.3 is 10.1 Å². The fourth-order valence-corrected chi connectivity index (χ4v) is 3.22. The van der Waals surface area contributed by atoms with Crippen LogP contribution in [0.25, 0.3) is 22.2 Å². The number of benzene rings is 2. The Morgan fingerprint density at radius 2 is 1.84 bits per heavy atom. The van der Waals surface area contributed by atoms with Gasteiger partial charge in [-0.1, -0.05) is 29.8 Å². The first-order chi connectivity index (χ1) is 11.7. The Hall–Kier alpha value is -2.76. The molecule has 25 heavy (non-hydrogen) atoms. The van der Waals surface area contributed by atoms with Gasteiger partial charge in [-0.2, -0.15) is 13.2 Å². The molecule has 2 aromatic carbocycles. The number of fused-ring (bicyclic) bond motifs is 1. The van der Waals surface area contributed by atoms with Crippen LogP contribution in [0.3, 0.4) is 0 Å². The van der Waals surface area contributed by atoms with E-state index in [-0.39, 0.29) is 17.7 Å². The molecule has 130 valence electrons. The molecule has 0 spiro atoms. The minimum atomic E-state index is -4.53. The number of nitrogens with one attached hydrogen (secondary N) is 1. The van der Waals surface area contributed by atoms with Crippen molar-refractivity contribution in [1.82, 2.24) is 4.98 Å². The average molecular weight is 347 g/mol. The second-order valence-electron chi connectivity index (χ2n) is 6.10. The lowest BCUT2D eigenvalue weighted by Gasteiger charge is -2.13. The van der Waals surface area contributed by atoms with Crippen LogP contribution in [0.2, 0.25) is 0 Å². The van der Waals surface area contributed by atoms with Gasteiger partial charge in [0, 0.05) is 16.5 Å². The van der Waals surface area contributed by atoms with Crippen molar-refractivity contribution < 1.29 is 23.1 Å². The van der Waals surface area contributed by atoms with Gasteiger partial charge in [-0.05, 0) is 37.1 Å². The Labute approximate surface area is 142 Å². The van der Waals surface area contributed by atoms with Gasteiger partial charge in [0.25, 0.3) is 0 Å². The zero-order valence-electron chi connectivity index (χ0n) is 13.7. The van der Waals surface area contributed by atoms with E-state index in [1.165, 1.54) is 18.2 Å². The normalized spacial score (nSPS) is 11.9. The highest BCUT2D eigenvalue weighted by molar-refractivity contribution is 5.96. The van der Waals surface area contributed by atoms with Gasteiger partial charge in [0.15, 0.2) is 0 Å². The zero-order valence-corrected chi connectivity index (χ0v) is 13.7. The van der Waals surface area contributed by atoms with Crippen molar-refractivity contribution in [2.75, 3.05) is 0 Å². The fourth-order valence-electron chi connectivity index (χ4n) is 3.22. The average Bonchev–Trinajstić information content (AvgIpc) is 2.85. The number of rotatable bonds is 3. The van der Waals surface area contributed by atoms with Crippen LogP contribution >= 0.6 is 0 Å². The Kier molecular flexibility index (Phi) is 4.06. The summed E-state index contributed by atoms with van der Waals surface area (Å²) >= 11 is 0. The molecule has 3 aromatic rings. The molecule has 0 unspecified atom stereocenters. The third-order valence-electron chi connectivity index (χ3n) is 4.19. The Morgan fingerprint density at radius 1 is 1.16 bits per heavy atom. The van der Waals surface area contributed by atoms with Crippen LogP contribution in [-0.2, 0) is 17.4 Å². The predicted molar refractivity (Wildman–Crippen MR) is 89.6 cm³/mol. The van der Waals surface area contributed by atoms with Crippen LogP contribution < -0.4 is 0 Å². The monoisotopic (exact) mass is 347 g/mol. The van der Waals surface area contributed by atoms with Crippen LogP contribution in [0.5, 0.6) is 0 Å². The van der Waals surface area contributed by atoms with Crippen molar-refractivity contribution in [2.24, 2.45) is 0 Å². The van der Waals surface area contributed by atoms with E-state index < -0.39 is 17.7 Å². The number of aryl methyl sites for hydroxylation is 2. The number of carboxylic acids is 1. The lowest BCUT2D eigenvalue weighted by Crippen LogP contribution is -2.08. The summed E-state index contributed by atoms with van der Waals surface area (Å²) in [6.07, 6.45) is -4.89. The molecule has 0 aliphatic heterocycles. The highest BCUT2D eigenvalue weighted by Crippen LogP contribution is 2.40. The third kappa shape index (κ3) is 3.12. The Bertz CT molecular complexity index is 971. The number of hydrogen-bond donors (Lipinski definition) is 2. The molecule has 0 radical (unpaired) electrons. The zero-order chi connectivity index (χ0) is 18.4. The molecule has 0 aliphatic rings. The molecular formula is C19H16F3NO2. The summed E-state index contributed by atoms with van der Waals surface area (Å²) in [6, 6.07) is 8.91. The summed E-state index contributed by atoms with van der Waals surface area (Å²) in [5, 5.41) is 9.89. The number of carboxylic acid groups (broad SMARTS) is 1. The summed E-state index contributed by atoms with van der Waals surface area (Å²) < 4.78 is 40.2. The fraction of sp³-hybridized carbons (Fsp3) is 0.211. The minimum absolute atomic E-state index is 0.0421. The van der Waals surface area contributed by atoms with E-state index >= 15 is 0 Å². The van der Waals surface area contributed by atoms with E-state index in [1.54, 1.807) is 6.07 Å². The first kappa shape index (κ1) is 17.1. The topological polar surface area (TPSA) is 53.1 Å². The van der Waals surface area contributed by atoms with Crippen molar-refractivity contribution in [3.05, 3.63) is 58.7 Å². The predicted octanol–water partition coefficient (Wildman–Crippen LogP) is 5.10. The van der Waals surface area contributed by atoms with Crippen molar-refractivity contribution in [3.63, 3.8) is 0 Å². The highest BCUT2D eigenvalue weighted by atomic mass is 19.4. The van der Waals surface area contributed by atoms with E-state index in [9.17, 15) is 23.1 Å². The molecule has 6 heteroatoms. The molecule has 0 saturated carbocycles. The molecule has 2 N–H and O–H groups in total. The summed E-state index contributed by atoms with van der Waals surface area (Å²) in [4.78, 5) is 14.3.